The van der Waals surface area contributed by atoms with Gasteiger partial charge in [0.25, 0.3) is 5.69 Å². The topological polar surface area (TPSA) is 89.7 Å². The van der Waals surface area contributed by atoms with Crippen molar-refractivity contribution in [2.45, 2.75) is 4.90 Å². The van der Waals surface area contributed by atoms with Gasteiger partial charge in [0.2, 0.25) is 0 Å². The molecule has 0 saturated heterocycles. The van der Waals surface area contributed by atoms with Crippen LogP contribution in [0.25, 0.3) is 0 Å². The minimum absolute atomic E-state index is 0.147. The van der Waals surface area contributed by atoms with Crippen LogP contribution in [0, 0.1) is 10.1 Å². The molecule has 0 radical (unpaired) electrons. The molecule has 1 rings (SSSR count). The first-order chi connectivity index (χ1) is 6.65. The van der Waals surface area contributed by atoms with Crippen LogP contribution in [-0.4, -0.2) is 21.0 Å². The van der Waals surface area contributed by atoms with Crippen LogP contribution in [0.3, 0.4) is 0 Å². The number of nitrogens with zero attached hydrogens (tertiary/aromatic N) is 1. The highest BCUT2D eigenvalue weighted by Gasteiger charge is 2.10. The van der Waals surface area contributed by atoms with E-state index in [9.17, 15) is 14.3 Å². The molecule has 1 N–H and O–H groups in total. The maximum Gasteiger partial charge on any atom is 0.270 e. The molecule has 14 heavy (non-hydrogen) atoms. The molecule has 7 heteroatoms. The van der Waals surface area contributed by atoms with E-state index in [4.69, 9.17) is 5.11 Å². The first-order valence-electron chi connectivity index (χ1n) is 3.55. The molecule has 0 saturated carbocycles. The number of rotatable bonds is 4. The maximum atomic E-state index is 11.1. The van der Waals surface area contributed by atoms with Gasteiger partial charge in [-0.15, -0.1) is 0 Å². The summed E-state index contributed by atoms with van der Waals surface area (Å²) in [6.07, 6.45) is 0. The largest absolute Gasteiger partial charge is 0.369 e. The highest BCUT2D eigenvalue weighted by molar-refractivity contribution is 7.80. The van der Waals surface area contributed by atoms with Gasteiger partial charge in [0.1, 0.15) is 0 Å². The Morgan fingerprint density at radius 3 is 2.86 bits per heavy atom. The van der Waals surface area contributed by atoms with E-state index in [0.717, 1.165) is 6.07 Å². The van der Waals surface area contributed by atoms with Crippen molar-refractivity contribution >= 4 is 16.8 Å². The SMILES string of the molecule is O=[N+]([O-])c1cccc(S(=O)OCO)c1. The summed E-state index contributed by atoms with van der Waals surface area (Å²) in [5, 5.41) is 18.7. The number of non-ortho nitro benzene ring substituents is 1. The summed E-state index contributed by atoms with van der Waals surface area (Å²) in [4.78, 5) is 9.90. The third-order valence-electron chi connectivity index (χ3n) is 1.38. The lowest BCUT2D eigenvalue weighted by atomic mass is 10.3. The number of nitro groups is 1. The van der Waals surface area contributed by atoms with Gasteiger partial charge in [-0.2, -0.15) is 0 Å². The Balaban J connectivity index is 2.93. The van der Waals surface area contributed by atoms with Crippen LogP contribution in [0.1, 0.15) is 0 Å². The van der Waals surface area contributed by atoms with E-state index in [-0.39, 0.29) is 10.6 Å². The highest BCUT2D eigenvalue weighted by atomic mass is 32.2. The van der Waals surface area contributed by atoms with Gasteiger partial charge in [0.15, 0.2) is 17.9 Å². The first kappa shape index (κ1) is 10.8. The van der Waals surface area contributed by atoms with Crippen LogP contribution in [-0.2, 0) is 15.3 Å². The summed E-state index contributed by atoms with van der Waals surface area (Å²) in [5.41, 5.74) is -0.169. The Morgan fingerprint density at radius 1 is 1.57 bits per heavy atom. The number of nitro benzene ring substituents is 1. The fourth-order valence-corrected chi connectivity index (χ4v) is 1.46. The first-order valence-corrected chi connectivity index (χ1v) is 4.63. The van der Waals surface area contributed by atoms with Gasteiger partial charge in [-0.25, -0.2) is 4.21 Å². The van der Waals surface area contributed by atoms with E-state index in [1.165, 1.54) is 18.2 Å². The van der Waals surface area contributed by atoms with Gasteiger partial charge in [0, 0.05) is 12.1 Å². The summed E-state index contributed by atoms with van der Waals surface area (Å²) in [6.45, 7) is -0.699. The van der Waals surface area contributed by atoms with Crippen LogP contribution >= 0.6 is 0 Å². The van der Waals surface area contributed by atoms with Crippen LogP contribution in [0.2, 0.25) is 0 Å². The number of hydrogen-bond acceptors (Lipinski definition) is 5. The average Bonchev–Trinajstić information content (AvgIpc) is 2.18. The van der Waals surface area contributed by atoms with Gasteiger partial charge in [0.05, 0.1) is 9.82 Å². The van der Waals surface area contributed by atoms with Crippen molar-refractivity contribution in [1.82, 2.24) is 0 Å². The maximum absolute atomic E-state index is 11.1. The fraction of sp³-hybridized carbons (Fsp3) is 0.143. The quantitative estimate of drug-likeness (QED) is 0.452. The average molecular weight is 217 g/mol. The third-order valence-corrected chi connectivity index (χ3v) is 2.34. The van der Waals surface area contributed by atoms with Crippen molar-refractivity contribution in [3.05, 3.63) is 34.4 Å². The summed E-state index contributed by atoms with van der Waals surface area (Å²) < 4.78 is 15.5. The van der Waals surface area contributed by atoms with Gasteiger partial charge >= 0.3 is 0 Å². The molecule has 0 aliphatic rings. The molecule has 0 bridgehead atoms. The summed E-state index contributed by atoms with van der Waals surface area (Å²) in [5.74, 6) is 0. The molecule has 0 aliphatic carbocycles. The highest BCUT2D eigenvalue weighted by Crippen LogP contribution is 2.16. The van der Waals surface area contributed by atoms with E-state index < -0.39 is 22.8 Å². The molecule has 1 atom stereocenters. The second kappa shape index (κ2) is 4.80. The number of hydrogen-bond donors (Lipinski definition) is 1. The minimum atomic E-state index is -1.86. The third kappa shape index (κ3) is 2.59. The summed E-state index contributed by atoms with van der Waals surface area (Å²) in [7, 11) is 0. The standard InChI is InChI=1S/C7H7NO5S/c9-5-13-14(12)7-3-1-2-6(4-7)8(10)11/h1-4,9H,5H2. The molecule has 76 valence electrons. The second-order valence-electron chi connectivity index (χ2n) is 2.24. The summed E-state index contributed by atoms with van der Waals surface area (Å²) >= 11 is -1.86. The van der Waals surface area contributed by atoms with Gasteiger partial charge in [-0.1, -0.05) is 6.07 Å². The Morgan fingerprint density at radius 2 is 2.29 bits per heavy atom. The molecule has 1 aromatic carbocycles. The minimum Gasteiger partial charge on any atom is -0.369 e. The predicted molar refractivity (Wildman–Crippen MR) is 47.7 cm³/mol. The van der Waals surface area contributed by atoms with E-state index >= 15 is 0 Å². The van der Waals surface area contributed by atoms with E-state index in [1.807, 2.05) is 0 Å². The smallest absolute Gasteiger partial charge is 0.270 e. The van der Waals surface area contributed by atoms with Gasteiger partial charge < -0.3 is 5.11 Å². The zero-order chi connectivity index (χ0) is 10.6. The van der Waals surface area contributed by atoms with Crippen molar-refractivity contribution < 1.29 is 18.4 Å². The van der Waals surface area contributed by atoms with Crippen molar-refractivity contribution in [1.29, 1.82) is 0 Å². The normalized spacial score (nSPS) is 12.4. The monoisotopic (exact) mass is 217 g/mol. The lowest BCUT2D eigenvalue weighted by molar-refractivity contribution is -0.385. The molecule has 0 amide bonds. The Labute approximate surface area is 81.9 Å². The van der Waals surface area contributed by atoms with Crippen LogP contribution in [0.5, 0.6) is 0 Å². The lowest BCUT2D eigenvalue weighted by Crippen LogP contribution is -1.99. The number of aliphatic hydroxyl groups excluding tert-OH is 1. The Hall–Kier alpha value is -1.31. The molecule has 0 spiro atoms. The Kier molecular flexibility index (Phi) is 3.69. The van der Waals surface area contributed by atoms with Gasteiger partial charge in [-0.05, 0) is 6.07 Å². The molecule has 0 aliphatic heterocycles. The van der Waals surface area contributed by atoms with Crippen molar-refractivity contribution in [2.75, 3.05) is 6.79 Å². The molecule has 1 aromatic rings. The zero-order valence-corrected chi connectivity index (χ0v) is 7.77. The van der Waals surface area contributed by atoms with Crippen LogP contribution < -0.4 is 0 Å². The van der Waals surface area contributed by atoms with E-state index in [0.29, 0.717) is 0 Å². The molecular formula is C7H7NO5S. The molecular weight excluding hydrogens is 210 g/mol. The molecule has 0 aromatic heterocycles. The predicted octanol–water partition coefficient (Wildman–Crippen LogP) is 0.584. The fourth-order valence-electron chi connectivity index (χ4n) is 0.817. The van der Waals surface area contributed by atoms with Crippen molar-refractivity contribution in [2.24, 2.45) is 0 Å². The van der Waals surface area contributed by atoms with Crippen molar-refractivity contribution in [3.8, 4) is 0 Å². The lowest BCUT2D eigenvalue weighted by Gasteiger charge is -1.99. The zero-order valence-electron chi connectivity index (χ0n) is 6.95. The Bertz CT molecular complexity index is 367. The molecule has 0 heterocycles. The summed E-state index contributed by atoms with van der Waals surface area (Å²) in [6, 6.07) is 5.22. The van der Waals surface area contributed by atoms with Crippen molar-refractivity contribution in [3.63, 3.8) is 0 Å². The molecule has 6 nitrogen and oxygen atoms in total. The van der Waals surface area contributed by atoms with Crippen LogP contribution in [0.15, 0.2) is 29.2 Å². The molecule has 1 unspecified atom stereocenters. The van der Waals surface area contributed by atoms with E-state index in [2.05, 4.69) is 4.18 Å². The van der Waals surface area contributed by atoms with Gasteiger partial charge in [-0.3, -0.25) is 14.3 Å². The van der Waals surface area contributed by atoms with Crippen LogP contribution in [0.4, 0.5) is 5.69 Å². The van der Waals surface area contributed by atoms with E-state index in [1.54, 1.807) is 0 Å². The second-order valence-corrected chi connectivity index (χ2v) is 3.41. The number of aliphatic hydroxyl groups is 1. The molecule has 0 fully saturated rings. The number of benzene rings is 1.